The van der Waals surface area contributed by atoms with E-state index >= 15 is 0 Å². The van der Waals surface area contributed by atoms with Crippen molar-refractivity contribution in [1.82, 2.24) is 0 Å². The zero-order valence-corrected chi connectivity index (χ0v) is 13.5. The van der Waals surface area contributed by atoms with Gasteiger partial charge < -0.3 is 10.4 Å². The average Bonchev–Trinajstić information content (AvgIpc) is 2.35. The fourth-order valence-corrected chi connectivity index (χ4v) is 2.20. The molecule has 2 aromatic rings. The monoisotopic (exact) mass is 319 g/mol. The van der Waals surface area contributed by atoms with Gasteiger partial charge in [0.05, 0.1) is 22.2 Å². The van der Waals surface area contributed by atoms with Crippen molar-refractivity contribution in [2.75, 3.05) is 5.32 Å². The van der Waals surface area contributed by atoms with Crippen molar-refractivity contribution in [2.45, 2.75) is 6.42 Å². The van der Waals surface area contributed by atoms with E-state index in [9.17, 15) is 4.79 Å². The third-order valence-electron chi connectivity index (χ3n) is 2.58. The van der Waals surface area contributed by atoms with Crippen LogP contribution in [-0.4, -0.2) is 34.1 Å². The van der Waals surface area contributed by atoms with E-state index in [4.69, 9.17) is 28.3 Å². The molecule has 0 unspecified atom stereocenters. The van der Waals surface area contributed by atoms with E-state index in [0.717, 1.165) is 0 Å². The molecule has 2 rings (SSSR count). The van der Waals surface area contributed by atoms with Crippen molar-refractivity contribution in [3.05, 3.63) is 58.1 Å². The first kappa shape index (κ1) is 17.1. The standard InChI is InChI=1S/C14H11Cl2NO2.Mg/c15-10-5-3-6-11(16)14(10)17-12-7-2-1-4-9(12)8-13(18)19;/h1-7,17H,8H2,(H,18,19);/q;+2. The van der Waals surface area contributed by atoms with Gasteiger partial charge in [-0.1, -0.05) is 47.5 Å². The van der Waals surface area contributed by atoms with Crippen molar-refractivity contribution < 1.29 is 9.90 Å². The molecule has 0 aliphatic heterocycles. The van der Waals surface area contributed by atoms with Crippen molar-refractivity contribution in [3.63, 3.8) is 0 Å². The Labute approximate surface area is 143 Å². The van der Waals surface area contributed by atoms with E-state index in [1.165, 1.54) is 0 Å². The molecule has 3 nitrogen and oxygen atoms in total. The molecule has 0 saturated heterocycles. The van der Waals surface area contributed by atoms with Crippen molar-refractivity contribution >= 4 is 63.6 Å². The average molecular weight is 320 g/mol. The van der Waals surface area contributed by atoms with Crippen LogP contribution >= 0.6 is 23.2 Å². The fraction of sp³-hybridized carbons (Fsp3) is 0.0714. The van der Waals surface area contributed by atoms with E-state index in [-0.39, 0.29) is 29.5 Å². The summed E-state index contributed by atoms with van der Waals surface area (Å²) in [6.07, 6.45) is -0.0642. The number of anilines is 2. The van der Waals surface area contributed by atoms with Gasteiger partial charge in [0.2, 0.25) is 0 Å². The molecule has 2 aromatic carbocycles. The number of nitrogens with one attached hydrogen (secondary N) is 1. The van der Waals surface area contributed by atoms with E-state index < -0.39 is 5.97 Å². The first-order valence-electron chi connectivity index (χ1n) is 5.58. The first-order valence-corrected chi connectivity index (χ1v) is 6.34. The molecule has 0 amide bonds. The summed E-state index contributed by atoms with van der Waals surface area (Å²) in [5, 5.41) is 12.9. The Morgan fingerprint density at radius 3 is 2.25 bits per heavy atom. The maximum absolute atomic E-state index is 10.8. The number of benzene rings is 2. The number of aliphatic carboxylic acids is 1. The molecule has 0 aliphatic carbocycles. The van der Waals surface area contributed by atoms with Crippen molar-refractivity contribution in [3.8, 4) is 0 Å². The third kappa shape index (κ3) is 4.28. The molecule has 2 N–H and O–H groups in total. The maximum Gasteiger partial charge on any atom is 2.00 e. The van der Waals surface area contributed by atoms with Gasteiger partial charge in [-0.25, -0.2) is 0 Å². The maximum atomic E-state index is 10.8. The molecule has 0 aliphatic rings. The molecule has 0 aromatic heterocycles. The molecule has 0 atom stereocenters. The van der Waals surface area contributed by atoms with E-state index in [0.29, 0.717) is 27.0 Å². The van der Waals surface area contributed by atoms with Crippen LogP contribution in [0.25, 0.3) is 0 Å². The fourth-order valence-electron chi connectivity index (χ4n) is 1.71. The van der Waals surface area contributed by atoms with Crippen LogP contribution < -0.4 is 5.32 Å². The minimum Gasteiger partial charge on any atom is -0.481 e. The van der Waals surface area contributed by atoms with Crippen LogP contribution in [0.1, 0.15) is 5.56 Å². The summed E-state index contributed by atoms with van der Waals surface area (Å²) in [4.78, 5) is 10.8. The second-order valence-electron chi connectivity index (χ2n) is 3.95. The zero-order valence-electron chi connectivity index (χ0n) is 10.6. The van der Waals surface area contributed by atoms with E-state index in [1.807, 2.05) is 6.07 Å². The van der Waals surface area contributed by atoms with Crippen LogP contribution in [0.4, 0.5) is 11.4 Å². The molecule has 0 heterocycles. The topological polar surface area (TPSA) is 49.3 Å². The number of para-hydroxylation sites is 2. The summed E-state index contributed by atoms with van der Waals surface area (Å²) in [7, 11) is 0. The second kappa shape index (κ2) is 7.74. The van der Waals surface area contributed by atoms with Crippen LogP contribution in [0.5, 0.6) is 0 Å². The molecule has 0 spiro atoms. The Morgan fingerprint density at radius 1 is 1.05 bits per heavy atom. The SMILES string of the molecule is O=C(O)Cc1ccccc1Nc1c(Cl)cccc1Cl.[Mg+2]. The van der Waals surface area contributed by atoms with Gasteiger partial charge in [0, 0.05) is 5.69 Å². The predicted molar refractivity (Wildman–Crippen MR) is 83.3 cm³/mol. The van der Waals surface area contributed by atoms with E-state index in [2.05, 4.69) is 5.32 Å². The second-order valence-corrected chi connectivity index (χ2v) is 4.76. The number of carbonyl (C=O) groups is 1. The smallest absolute Gasteiger partial charge is 0.481 e. The molecule has 0 radical (unpaired) electrons. The van der Waals surface area contributed by atoms with Crippen LogP contribution in [0.2, 0.25) is 10.0 Å². The number of halogens is 2. The minimum atomic E-state index is -0.889. The van der Waals surface area contributed by atoms with Crippen LogP contribution in [0.3, 0.4) is 0 Å². The Bertz CT molecular complexity index is 600. The number of hydrogen-bond donors (Lipinski definition) is 2. The summed E-state index contributed by atoms with van der Waals surface area (Å²) < 4.78 is 0. The normalized spacial score (nSPS) is 9.70. The van der Waals surface area contributed by atoms with Gasteiger partial charge in [0.15, 0.2) is 0 Å². The molecule has 0 saturated carbocycles. The zero-order chi connectivity index (χ0) is 13.8. The Balaban J connectivity index is 0.00000200. The van der Waals surface area contributed by atoms with Gasteiger partial charge >= 0.3 is 29.0 Å². The van der Waals surface area contributed by atoms with Gasteiger partial charge in [-0.15, -0.1) is 0 Å². The Hall–Kier alpha value is -0.944. The van der Waals surface area contributed by atoms with Gasteiger partial charge in [-0.2, -0.15) is 0 Å². The van der Waals surface area contributed by atoms with Gasteiger partial charge in [0.1, 0.15) is 0 Å². The first-order chi connectivity index (χ1) is 9.08. The van der Waals surface area contributed by atoms with Gasteiger partial charge in [-0.3, -0.25) is 4.79 Å². The van der Waals surface area contributed by atoms with Crippen LogP contribution in [0, 0.1) is 0 Å². The molecule has 0 fully saturated rings. The van der Waals surface area contributed by atoms with Gasteiger partial charge in [0.25, 0.3) is 0 Å². The number of carboxylic acids is 1. The summed E-state index contributed by atoms with van der Waals surface area (Å²) in [6, 6.07) is 12.3. The van der Waals surface area contributed by atoms with Gasteiger partial charge in [-0.05, 0) is 23.8 Å². The van der Waals surface area contributed by atoms with Crippen molar-refractivity contribution in [2.24, 2.45) is 0 Å². The molecule has 0 bridgehead atoms. The molecular weight excluding hydrogens is 309 g/mol. The number of rotatable bonds is 4. The number of carboxylic acid groups (broad SMARTS) is 1. The Kier molecular flexibility index (Phi) is 6.62. The molecule has 98 valence electrons. The summed E-state index contributed by atoms with van der Waals surface area (Å²) in [6.45, 7) is 0. The van der Waals surface area contributed by atoms with Crippen molar-refractivity contribution in [1.29, 1.82) is 0 Å². The molecule has 20 heavy (non-hydrogen) atoms. The summed E-state index contributed by atoms with van der Waals surface area (Å²) >= 11 is 12.1. The number of hydrogen-bond acceptors (Lipinski definition) is 2. The predicted octanol–water partition coefficient (Wildman–Crippen LogP) is 3.98. The summed E-state index contributed by atoms with van der Waals surface area (Å²) in [5.41, 5.74) is 1.93. The molecule has 6 heteroatoms. The Morgan fingerprint density at radius 2 is 1.65 bits per heavy atom. The summed E-state index contributed by atoms with van der Waals surface area (Å²) in [5.74, 6) is -0.889. The minimum absolute atomic E-state index is 0. The quantitative estimate of drug-likeness (QED) is 0.838. The molecular formula is C14H11Cl2MgNO2+2. The third-order valence-corrected chi connectivity index (χ3v) is 3.21. The van der Waals surface area contributed by atoms with Crippen LogP contribution in [0.15, 0.2) is 42.5 Å². The largest absolute Gasteiger partial charge is 2.00 e. The van der Waals surface area contributed by atoms with Crippen LogP contribution in [-0.2, 0) is 11.2 Å². The van der Waals surface area contributed by atoms with E-state index in [1.54, 1.807) is 36.4 Å².